The summed E-state index contributed by atoms with van der Waals surface area (Å²) in [5, 5.41) is 12.1. The second-order valence-corrected chi connectivity index (χ2v) is 8.87. The van der Waals surface area contributed by atoms with Crippen molar-refractivity contribution in [3.05, 3.63) is 57.9 Å². The third-order valence-electron chi connectivity index (χ3n) is 5.03. The maximum absolute atomic E-state index is 13.1. The molecule has 1 aliphatic heterocycles. The molecule has 0 saturated carbocycles. The number of Topliss-reactive ketones (excluding diaryl/α,β-unsaturated/α-hetero) is 1. The summed E-state index contributed by atoms with van der Waals surface area (Å²) in [6, 6.07) is 13.4. The molecule has 30 heavy (non-hydrogen) atoms. The number of thioether (sulfide) groups is 1. The number of hydrogen-bond acceptors (Lipinski definition) is 7. The number of benzene rings is 2. The Balaban J connectivity index is 1.61. The quantitative estimate of drug-likeness (QED) is 0.485. The molecule has 4 rings (SSSR count). The van der Waals surface area contributed by atoms with Gasteiger partial charge in [-0.25, -0.2) is 4.98 Å². The number of ketones is 1. The molecule has 0 N–H and O–H groups in total. The molecule has 152 valence electrons. The first-order chi connectivity index (χ1) is 14.6. The molecule has 1 aromatic heterocycles. The van der Waals surface area contributed by atoms with Crippen LogP contribution < -0.4 is 9.47 Å². The molecule has 3 aromatic rings. The Hall–Kier alpha value is -2.82. The molecule has 7 heteroatoms. The van der Waals surface area contributed by atoms with E-state index in [0.717, 1.165) is 24.2 Å². The van der Waals surface area contributed by atoms with Gasteiger partial charge in [0.1, 0.15) is 5.01 Å². The highest BCUT2D eigenvalue weighted by atomic mass is 32.2. The van der Waals surface area contributed by atoms with Crippen LogP contribution >= 0.6 is 23.1 Å². The molecule has 0 fully saturated rings. The number of nitriles is 1. The Morgan fingerprint density at radius 1 is 1.17 bits per heavy atom. The Bertz CT molecular complexity index is 1130. The SMILES string of the molecule is COc1ccc(-c2csc(C(C#N)C(=O)c3ccc4c(c3)CCCS4)n2)cc1OC. The normalized spacial score (nSPS) is 13.8. The summed E-state index contributed by atoms with van der Waals surface area (Å²) >= 11 is 3.14. The summed E-state index contributed by atoms with van der Waals surface area (Å²) in [5.41, 5.74) is 3.31. The van der Waals surface area contributed by atoms with Crippen molar-refractivity contribution in [2.45, 2.75) is 23.7 Å². The highest BCUT2D eigenvalue weighted by Gasteiger charge is 2.26. The molecule has 0 aliphatic carbocycles. The molecule has 0 spiro atoms. The molecule has 1 unspecified atom stereocenters. The van der Waals surface area contributed by atoms with Gasteiger partial charge in [0.15, 0.2) is 23.2 Å². The van der Waals surface area contributed by atoms with Crippen molar-refractivity contribution >= 4 is 28.9 Å². The standard InChI is InChI=1S/C23H20N2O3S2/c1-27-19-7-5-14(11-20(19)28-2)18-13-30-23(25-18)17(12-24)22(26)16-6-8-21-15(10-16)4-3-9-29-21/h5-8,10-11,13,17H,3-4,9H2,1-2H3. The van der Waals surface area contributed by atoms with Crippen LogP contribution in [-0.4, -0.2) is 30.7 Å². The Morgan fingerprint density at radius 2 is 2.00 bits per heavy atom. The smallest absolute Gasteiger partial charge is 0.186 e. The fourth-order valence-corrected chi connectivity index (χ4v) is 5.34. The molecule has 1 atom stereocenters. The van der Waals surface area contributed by atoms with Crippen molar-refractivity contribution in [2.75, 3.05) is 20.0 Å². The third-order valence-corrected chi connectivity index (χ3v) is 7.14. The number of rotatable bonds is 6. The minimum Gasteiger partial charge on any atom is -0.493 e. The number of nitrogens with zero attached hydrogens (tertiary/aromatic N) is 2. The zero-order valence-corrected chi connectivity index (χ0v) is 18.3. The molecular weight excluding hydrogens is 416 g/mol. The fraction of sp³-hybridized carbons (Fsp3) is 0.261. The van der Waals surface area contributed by atoms with Crippen LogP contribution in [0.3, 0.4) is 0 Å². The highest BCUT2D eigenvalue weighted by molar-refractivity contribution is 7.99. The third kappa shape index (κ3) is 3.93. The number of aryl methyl sites for hydroxylation is 1. The molecule has 5 nitrogen and oxygen atoms in total. The lowest BCUT2D eigenvalue weighted by Crippen LogP contribution is -2.12. The van der Waals surface area contributed by atoms with Crippen LogP contribution in [0.1, 0.15) is 33.3 Å². The summed E-state index contributed by atoms with van der Waals surface area (Å²) in [6.45, 7) is 0. The van der Waals surface area contributed by atoms with Crippen molar-refractivity contribution < 1.29 is 14.3 Å². The van der Waals surface area contributed by atoms with E-state index in [1.165, 1.54) is 21.8 Å². The maximum atomic E-state index is 13.1. The molecule has 0 radical (unpaired) electrons. The van der Waals surface area contributed by atoms with Gasteiger partial charge in [0.25, 0.3) is 0 Å². The number of carbonyl (C=O) groups is 1. The summed E-state index contributed by atoms with van der Waals surface area (Å²) in [6.07, 6.45) is 2.08. The van der Waals surface area contributed by atoms with Gasteiger partial charge in [0.2, 0.25) is 0 Å². The molecule has 0 bridgehead atoms. The number of ether oxygens (including phenoxy) is 2. The minimum atomic E-state index is -0.918. The molecule has 0 amide bonds. The van der Waals surface area contributed by atoms with E-state index in [1.54, 1.807) is 14.2 Å². The lowest BCUT2D eigenvalue weighted by atomic mass is 9.96. The lowest BCUT2D eigenvalue weighted by Gasteiger charge is -2.16. The number of hydrogen-bond donors (Lipinski definition) is 0. The van der Waals surface area contributed by atoms with Gasteiger partial charge in [-0.05, 0) is 54.5 Å². The minimum absolute atomic E-state index is 0.205. The van der Waals surface area contributed by atoms with Crippen molar-refractivity contribution in [2.24, 2.45) is 0 Å². The monoisotopic (exact) mass is 436 g/mol. The van der Waals surface area contributed by atoms with Gasteiger partial charge >= 0.3 is 0 Å². The van der Waals surface area contributed by atoms with E-state index < -0.39 is 5.92 Å². The molecular formula is C23H20N2O3S2. The van der Waals surface area contributed by atoms with Crippen LogP contribution in [0.25, 0.3) is 11.3 Å². The first-order valence-corrected chi connectivity index (χ1v) is 11.4. The summed E-state index contributed by atoms with van der Waals surface area (Å²) in [5.74, 6) is 1.22. The molecule has 2 heterocycles. The molecule has 0 saturated heterocycles. The second-order valence-electron chi connectivity index (χ2n) is 6.84. The summed E-state index contributed by atoms with van der Waals surface area (Å²) < 4.78 is 10.6. The van der Waals surface area contributed by atoms with Gasteiger partial charge in [-0.3, -0.25) is 4.79 Å². The van der Waals surface area contributed by atoms with Crippen LogP contribution in [0.15, 0.2) is 46.7 Å². The van der Waals surface area contributed by atoms with Crippen LogP contribution in [0.2, 0.25) is 0 Å². The van der Waals surface area contributed by atoms with Gasteiger partial charge in [-0.2, -0.15) is 5.26 Å². The van der Waals surface area contributed by atoms with E-state index in [4.69, 9.17) is 9.47 Å². The van der Waals surface area contributed by atoms with Gasteiger partial charge in [-0.15, -0.1) is 23.1 Å². The Kier molecular flexibility index (Phi) is 6.07. The van der Waals surface area contributed by atoms with E-state index in [2.05, 4.69) is 11.1 Å². The zero-order chi connectivity index (χ0) is 21.1. The van der Waals surface area contributed by atoms with Crippen LogP contribution in [-0.2, 0) is 6.42 Å². The predicted molar refractivity (Wildman–Crippen MR) is 119 cm³/mol. The number of thiazole rings is 1. The molecule has 2 aromatic carbocycles. The fourth-order valence-electron chi connectivity index (χ4n) is 3.45. The number of carbonyl (C=O) groups excluding carboxylic acids is 1. The Labute approximate surface area is 183 Å². The summed E-state index contributed by atoms with van der Waals surface area (Å²) in [7, 11) is 3.16. The second kappa shape index (κ2) is 8.90. The van der Waals surface area contributed by atoms with Gasteiger partial charge in [0.05, 0.1) is 26.0 Å². The van der Waals surface area contributed by atoms with E-state index in [9.17, 15) is 10.1 Å². The predicted octanol–water partition coefficient (Wildman–Crippen LogP) is 5.36. The zero-order valence-electron chi connectivity index (χ0n) is 16.7. The van der Waals surface area contributed by atoms with Crippen molar-refractivity contribution in [3.8, 4) is 28.8 Å². The first kappa shape index (κ1) is 20.5. The van der Waals surface area contributed by atoms with Crippen molar-refractivity contribution in [3.63, 3.8) is 0 Å². The Morgan fingerprint density at radius 3 is 2.77 bits per heavy atom. The summed E-state index contributed by atoms with van der Waals surface area (Å²) in [4.78, 5) is 18.9. The van der Waals surface area contributed by atoms with E-state index in [0.29, 0.717) is 27.8 Å². The van der Waals surface area contributed by atoms with Gasteiger partial charge in [-0.1, -0.05) is 6.07 Å². The average molecular weight is 437 g/mol. The van der Waals surface area contributed by atoms with Crippen molar-refractivity contribution in [1.29, 1.82) is 5.26 Å². The average Bonchev–Trinajstić information content (AvgIpc) is 3.28. The number of methoxy groups -OCH3 is 2. The van der Waals surface area contributed by atoms with Crippen LogP contribution in [0.5, 0.6) is 11.5 Å². The van der Waals surface area contributed by atoms with Crippen LogP contribution in [0.4, 0.5) is 0 Å². The topological polar surface area (TPSA) is 72.2 Å². The van der Waals surface area contributed by atoms with Crippen molar-refractivity contribution in [1.82, 2.24) is 4.98 Å². The largest absolute Gasteiger partial charge is 0.493 e. The van der Waals surface area contributed by atoms with E-state index >= 15 is 0 Å². The maximum Gasteiger partial charge on any atom is 0.186 e. The number of fused-ring (bicyclic) bond motifs is 1. The van der Waals surface area contributed by atoms with Gasteiger partial charge < -0.3 is 9.47 Å². The lowest BCUT2D eigenvalue weighted by molar-refractivity contribution is 0.0978. The molecule has 1 aliphatic rings. The van der Waals surface area contributed by atoms with E-state index in [1.807, 2.05) is 53.5 Å². The van der Waals surface area contributed by atoms with Gasteiger partial charge in [0, 0.05) is 21.4 Å². The highest BCUT2D eigenvalue weighted by Crippen LogP contribution is 2.35. The first-order valence-electron chi connectivity index (χ1n) is 9.52. The van der Waals surface area contributed by atoms with E-state index in [-0.39, 0.29) is 5.78 Å². The van der Waals surface area contributed by atoms with Crippen LogP contribution in [0, 0.1) is 11.3 Å². The number of aromatic nitrogens is 1.